The minimum Gasteiger partial charge on any atom is -0.237 e. The van der Waals surface area contributed by atoms with Gasteiger partial charge in [0.25, 0.3) is 0 Å². The van der Waals surface area contributed by atoms with Gasteiger partial charge in [-0.1, -0.05) is 184 Å². The second-order valence-corrected chi connectivity index (χ2v) is 17.1. The number of amidine groups is 1. The zero-order valence-corrected chi connectivity index (χ0v) is 35.7. The molecule has 296 valence electrons. The van der Waals surface area contributed by atoms with E-state index >= 15 is 0 Å². The molecule has 1 atom stereocenters. The van der Waals surface area contributed by atoms with E-state index in [0.29, 0.717) is 0 Å². The lowest BCUT2D eigenvalue weighted by Crippen LogP contribution is -2.17. The van der Waals surface area contributed by atoms with Crippen LogP contribution in [0.5, 0.6) is 0 Å². The van der Waals surface area contributed by atoms with Gasteiger partial charge in [-0.05, 0) is 136 Å². The second-order valence-electron chi connectivity index (χ2n) is 17.1. The van der Waals surface area contributed by atoms with Gasteiger partial charge in [-0.15, -0.1) is 0 Å². The van der Waals surface area contributed by atoms with E-state index in [4.69, 9.17) is 9.98 Å². The van der Waals surface area contributed by atoms with Crippen LogP contribution in [0.15, 0.2) is 202 Å². The lowest BCUT2D eigenvalue weighted by Gasteiger charge is -2.26. The molecule has 0 heterocycles. The van der Waals surface area contributed by atoms with Crippen molar-refractivity contribution in [1.82, 2.24) is 0 Å². The van der Waals surface area contributed by atoms with Crippen LogP contribution in [0.2, 0.25) is 0 Å². The Morgan fingerprint density at radius 2 is 1.48 bits per heavy atom. The normalized spacial score (nSPS) is 18.9. The molecular weight excluding hydrogens is 725 g/mol. The molecule has 1 unspecified atom stereocenters. The Hall–Kier alpha value is -6.38. The summed E-state index contributed by atoms with van der Waals surface area (Å²) < 4.78 is 0. The van der Waals surface area contributed by atoms with Crippen molar-refractivity contribution in [3.05, 3.63) is 215 Å². The summed E-state index contributed by atoms with van der Waals surface area (Å²) in [7, 11) is 0. The Kier molecular flexibility index (Phi) is 10.9. The Balaban J connectivity index is 1.06. The Bertz CT molecular complexity index is 2810. The van der Waals surface area contributed by atoms with Crippen LogP contribution in [0, 0.1) is 5.92 Å². The van der Waals surface area contributed by atoms with Crippen molar-refractivity contribution < 1.29 is 0 Å². The monoisotopic (exact) mass is 778 g/mol. The molecule has 0 amide bonds. The zero-order valence-electron chi connectivity index (χ0n) is 35.7. The van der Waals surface area contributed by atoms with E-state index in [9.17, 15) is 0 Å². The van der Waals surface area contributed by atoms with Crippen molar-refractivity contribution in [1.29, 1.82) is 0 Å². The summed E-state index contributed by atoms with van der Waals surface area (Å²) in [5.41, 5.74) is 18.9. The molecule has 0 fully saturated rings. The lowest BCUT2D eigenvalue weighted by molar-refractivity contribution is 0.607. The predicted octanol–water partition coefficient (Wildman–Crippen LogP) is 15.6. The average molecular weight is 779 g/mol. The summed E-state index contributed by atoms with van der Waals surface area (Å²) in [6.07, 6.45) is 27.5. The van der Waals surface area contributed by atoms with Crippen LogP contribution in [-0.2, 0) is 5.41 Å². The third-order valence-corrected chi connectivity index (χ3v) is 13.0. The van der Waals surface area contributed by atoms with Crippen molar-refractivity contribution >= 4 is 33.5 Å². The molecule has 0 saturated carbocycles. The maximum absolute atomic E-state index is 5.46. The first-order valence-electron chi connectivity index (χ1n) is 21.8. The third kappa shape index (κ3) is 7.52. The molecule has 0 radical (unpaired) electrons. The molecule has 0 N–H and O–H groups in total. The topological polar surface area (TPSA) is 24.7 Å². The van der Waals surface area contributed by atoms with Crippen molar-refractivity contribution in [2.24, 2.45) is 15.9 Å². The quantitative estimate of drug-likeness (QED) is 0.111. The maximum atomic E-state index is 5.46. The SMILES string of the molecule is CC\C(C)=C(/N=C(\N=C(/C)c1ccccc1)C1C=CC=CC1)C1=CCC=C(c2cccc3cccc(-c4cccc(-c5ccc6c(c5)C(C)(C)C5=C6C=CCC5)c4)c23)C=C1. The van der Waals surface area contributed by atoms with Gasteiger partial charge < -0.3 is 0 Å². The number of nitrogens with zero attached hydrogens (tertiary/aromatic N) is 2. The second kappa shape index (κ2) is 16.7. The van der Waals surface area contributed by atoms with Gasteiger partial charge in [-0.25, -0.2) is 9.98 Å². The molecular formula is C58H54N2. The number of hydrogen-bond donors (Lipinski definition) is 0. The van der Waals surface area contributed by atoms with Crippen LogP contribution in [0.1, 0.15) is 89.0 Å². The molecule has 60 heavy (non-hydrogen) atoms. The first-order valence-corrected chi connectivity index (χ1v) is 21.8. The van der Waals surface area contributed by atoms with E-state index in [-0.39, 0.29) is 11.3 Å². The van der Waals surface area contributed by atoms with Crippen LogP contribution in [0.25, 0.3) is 44.2 Å². The summed E-state index contributed by atoms with van der Waals surface area (Å²) >= 11 is 0. The van der Waals surface area contributed by atoms with Crippen LogP contribution in [0.3, 0.4) is 0 Å². The number of allylic oxidation sites excluding steroid dienone is 13. The van der Waals surface area contributed by atoms with E-state index in [1.165, 1.54) is 66.4 Å². The molecule has 0 saturated heterocycles. The molecule has 2 heteroatoms. The van der Waals surface area contributed by atoms with Crippen LogP contribution in [0.4, 0.5) is 0 Å². The number of rotatable bonds is 8. The molecule has 5 aromatic carbocycles. The van der Waals surface area contributed by atoms with Crippen LogP contribution in [-0.4, -0.2) is 11.5 Å². The summed E-state index contributed by atoms with van der Waals surface area (Å²) in [6.45, 7) is 11.3. The van der Waals surface area contributed by atoms with Gasteiger partial charge in [0.2, 0.25) is 0 Å². The molecule has 4 aliphatic rings. The van der Waals surface area contributed by atoms with E-state index in [2.05, 4.69) is 199 Å². The lowest BCUT2D eigenvalue weighted by atomic mass is 9.78. The maximum Gasteiger partial charge on any atom is 0.136 e. The summed E-state index contributed by atoms with van der Waals surface area (Å²) in [5.74, 6) is 0.961. The fraction of sp³-hybridized carbons (Fsp3) is 0.207. The van der Waals surface area contributed by atoms with Gasteiger partial charge in [0, 0.05) is 17.0 Å². The standard InChI is InChI=1S/C58H54N2/c1-6-39(2)56(60-57(45-21-11-8-12-22-45)59-40(3)41-19-9-7-10-20-41)44-26-15-23-42(33-34-44)49-30-17-24-43-25-18-31-50(55(43)49)48-28-16-27-46(37-48)47-35-36-52-51-29-13-14-32-53(51)58(4,5)54(52)38-47/h7-13,16-21,23-31,33-38,45H,6,14-15,22,32H2,1-5H3/b56-39-,59-40+,60-57-. The number of aliphatic imine (C=N–C) groups is 2. The predicted molar refractivity (Wildman–Crippen MR) is 258 cm³/mol. The number of fused-ring (bicyclic) bond motifs is 3. The van der Waals surface area contributed by atoms with E-state index < -0.39 is 0 Å². The first-order chi connectivity index (χ1) is 29.3. The molecule has 9 rings (SSSR count). The average Bonchev–Trinajstić information content (AvgIpc) is 3.41. The fourth-order valence-electron chi connectivity index (χ4n) is 9.46. The highest BCUT2D eigenvalue weighted by molar-refractivity contribution is 6.08. The molecule has 0 aliphatic heterocycles. The molecule has 0 spiro atoms. The van der Waals surface area contributed by atoms with Crippen molar-refractivity contribution in [2.75, 3.05) is 0 Å². The molecule has 2 nitrogen and oxygen atoms in total. The van der Waals surface area contributed by atoms with E-state index in [0.717, 1.165) is 60.5 Å². The van der Waals surface area contributed by atoms with Gasteiger partial charge in [-0.2, -0.15) is 0 Å². The molecule has 0 bridgehead atoms. The summed E-state index contributed by atoms with van der Waals surface area (Å²) in [4.78, 5) is 10.7. The molecule has 0 aromatic heterocycles. The Morgan fingerprint density at radius 3 is 2.28 bits per heavy atom. The minimum absolute atomic E-state index is 0.0440. The van der Waals surface area contributed by atoms with E-state index in [1.807, 2.05) is 6.07 Å². The molecule has 4 aliphatic carbocycles. The van der Waals surface area contributed by atoms with Crippen molar-refractivity contribution in [3.63, 3.8) is 0 Å². The van der Waals surface area contributed by atoms with Crippen LogP contribution < -0.4 is 0 Å². The largest absolute Gasteiger partial charge is 0.237 e. The highest BCUT2D eigenvalue weighted by Crippen LogP contribution is 2.51. The smallest absolute Gasteiger partial charge is 0.136 e. The van der Waals surface area contributed by atoms with Crippen LogP contribution >= 0.6 is 0 Å². The summed E-state index contributed by atoms with van der Waals surface area (Å²) in [6, 6.07) is 40.2. The molecule has 5 aromatic rings. The fourth-order valence-corrected chi connectivity index (χ4v) is 9.46. The highest BCUT2D eigenvalue weighted by atomic mass is 14.9. The number of hydrogen-bond acceptors (Lipinski definition) is 1. The minimum atomic E-state index is 0.0440. The van der Waals surface area contributed by atoms with Gasteiger partial charge >= 0.3 is 0 Å². The zero-order chi connectivity index (χ0) is 41.2. The van der Waals surface area contributed by atoms with Crippen molar-refractivity contribution in [3.8, 4) is 22.3 Å². The van der Waals surface area contributed by atoms with Gasteiger partial charge in [0.15, 0.2) is 0 Å². The number of benzene rings is 5. The Morgan fingerprint density at radius 1 is 0.700 bits per heavy atom. The van der Waals surface area contributed by atoms with E-state index in [1.54, 1.807) is 5.57 Å². The highest BCUT2D eigenvalue weighted by Gasteiger charge is 2.37. The first kappa shape index (κ1) is 39.1. The van der Waals surface area contributed by atoms with Gasteiger partial charge in [0.1, 0.15) is 5.84 Å². The Labute approximate surface area is 356 Å². The van der Waals surface area contributed by atoms with Gasteiger partial charge in [0.05, 0.1) is 5.70 Å². The summed E-state index contributed by atoms with van der Waals surface area (Å²) in [5, 5.41) is 2.52. The van der Waals surface area contributed by atoms with Crippen molar-refractivity contribution in [2.45, 2.75) is 72.1 Å². The van der Waals surface area contributed by atoms with Gasteiger partial charge in [-0.3, -0.25) is 0 Å². The third-order valence-electron chi connectivity index (χ3n) is 13.0.